The second-order valence-electron chi connectivity index (χ2n) is 8.61. The van der Waals surface area contributed by atoms with E-state index in [9.17, 15) is 18.0 Å². The fourth-order valence-electron chi connectivity index (χ4n) is 4.69. The van der Waals surface area contributed by atoms with Gasteiger partial charge in [-0.1, -0.05) is 30.4 Å². The van der Waals surface area contributed by atoms with Gasteiger partial charge in [-0.3, -0.25) is 0 Å². The van der Waals surface area contributed by atoms with Crippen molar-refractivity contribution in [1.82, 2.24) is 4.90 Å². The maximum atomic E-state index is 14.1. The molecule has 4 nitrogen and oxygen atoms in total. The molecule has 0 saturated heterocycles. The number of allylic oxidation sites excluding steroid dienone is 1. The molecule has 0 bridgehead atoms. The number of rotatable bonds is 7. The molecule has 2 aromatic carbocycles. The molecule has 0 spiro atoms. The molecule has 2 aromatic rings. The average molecular weight is 461 g/mol. The Morgan fingerprint density at radius 1 is 1.15 bits per heavy atom. The third kappa shape index (κ3) is 5.41. The highest BCUT2D eigenvalue weighted by Crippen LogP contribution is 2.45. The van der Waals surface area contributed by atoms with Crippen molar-refractivity contribution in [2.24, 2.45) is 5.92 Å². The van der Waals surface area contributed by atoms with Crippen LogP contribution in [-0.4, -0.2) is 51.5 Å². The van der Waals surface area contributed by atoms with Crippen molar-refractivity contribution >= 4 is 12.0 Å². The van der Waals surface area contributed by atoms with Gasteiger partial charge in [-0.25, -0.2) is 0 Å². The largest absolute Gasteiger partial charge is 0.497 e. The van der Waals surface area contributed by atoms with E-state index in [0.717, 1.165) is 17.9 Å². The van der Waals surface area contributed by atoms with Gasteiger partial charge in [-0.2, -0.15) is 13.2 Å². The van der Waals surface area contributed by atoms with E-state index in [4.69, 9.17) is 4.74 Å². The van der Waals surface area contributed by atoms with Gasteiger partial charge in [-0.05, 0) is 68.8 Å². The zero-order chi connectivity index (χ0) is 24.2. The van der Waals surface area contributed by atoms with Crippen LogP contribution in [0.5, 0.6) is 5.75 Å². The molecule has 3 unspecified atom stereocenters. The van der Waals surface area contributed by atoms with Crippen LogP contribution in [-0.2, 0) is 17.4 Å². The summed E-state index contributed by atoms with van der Waals surface area (Å²) in [5.74, 6) is 0.0661. The molecule has 33 heavy (non-hydrogen) atoms. The van der Waals surface area contributed by atoms with Crippen molar-refractivity contribution in [3.05, 3.63) is 71.3 Å². The summed E-state index contributed by atoms with van der Waals surface area (Å²) in [6.07, 6.45) is 0.403. The van der Waals surface area contributed by atoms with E-state index in [2.05, 4.69) is 0 Å². The summed E-state index contributed by atoms with van der Waals surface area (Å²) in [4.78, 5) is 16.3. The first-order chi connectivity index (χ1) is 15.7. The number of methoxy groups -OCH3 is 1. The van der Waals surface area contributed by atoms with E-state index in [0.29, 0.717) is 24.5 Å². The molecule has 1 aliphatic heterocycles. The maximum absolute atomic E-state index is 14.1. The molecule has 7 heteroatoms. The van der Waals surface area contributed by atoms with Crippen LogP contribution in [0.4, 0.5) is 18.9 Å². The first kappa shape index (κ1) is 24.8. The average Bonchev–Trinajstić information content (AvgIpc) is 2.91. The summed E-state index contributed by atoms with van der Waals surface area (Å²) in [6, 6.07) is 11.1. The van der Waals surface area contributed by atoms with E-state index in [-0.39, 0.29) is 23.8 Å². The number of carbonyl (C=O) groups excluding carboxylic acids is 1. The highest BCUT2D eigenvalue weighted by molar-refractivity contribution is 5.71. The van der Waals surface area contributed by atoms with Crippen LogP contribution in [0.1, 0.15) is 29.5 Å². The minimum atomic E-state index is -4.49. The molecule has 0 aromatic heterocycles. The highest BCUT2D eigenvalue weighted by Gasteiger charge is 2.42. The van der Waals surface area contributed by atoms with Gasteiger partial charge in [0.25, 0.3) is 0 Å². The number of aldehydes is 1. The molecular formula is C26H31F3N2O2. The summed E-state index contributed by atoms with van der Waals surface area (Å²) in [5, 5.41) is 0. The molecule has 3 rings (SSSR count). The van der Waals surface area contributed by atoms with Crippen molar-refractivity contribution < 1.29 is 22.7 Å². The molecule has 1 heterocycles. The predicted molar refractivity (Wildman–Crippen MR) is 125 cm³/mol. The normalized spacial score (nSPS) is 21.2. The predicted octanol–water partition coefficient (Wildman–Crippen LogP) is 5.18. The Kier molecular flexibility index (Phi) is 7.84. The van der Waals surface area contributed by atoms with Gasteiger partial charge in [0.1, 0.15) is 12.0 Å². The molecule has 0 radical (unpaired) electrons. The fraction of sp³-hybridized carbons (Fsp3) is 0.423. The molecule has 1 aliphatic rings. The number of benzene rings is 2. The topological polar surface area (TPSA) is 32.8 Å². The Balaban J connectivity index is 2.24. The van der Waals surface area contributed by atoms with Crippen molar-refractivity contribution in [3.8, 4) is 5.75 Å². The van der Waals surface area contributed by atoms with Crippen molar-refractivity contribution in [2.45, 2.75) is 31.5 Å². The fourth-order valence-corrected chi connectivity index (χ4v) is 4.69. The number of hydrogen-bond acceptors (Lipinski definition) is 4. The Morgan fingerprint density at radius 3 is 2.39 bits per heavy atom. The minimum absolute atomic E-state index is 0.176. The van der Waals surface area contributed by atoms with Crippen molar-refractivity contribution in [3.63, 3.8) is 0 Å². The lowest BCUT2D eigenvalue weighted by Gasteiger charge is -2.36. The Bertz CT molecular complexity index is 970. The summed E-state index contributed by atoms with van der Waals surface area (Å²) in [6.45, 7) is 2.92. The molecular weight excluding hydrogens is 429 g/mol. The monoisotopic (exact) mass is 460 g/mol. The number of anilines is 1. The van der Waals surface area contributed by atoms with Gasteiger partial charge in [-0.15, -0.1) is 0 Å². The number of fused-ring (bicyclic) bond motifs is 1. The Hall–Kier alpha value is -2.80. The van der Waals surface area contributed by atoms with Crippen molar-refractivity contribution in [1.29, 1.82) is 0 Å². The minimum Gasteiger partial charge on any atom is -0.497 e. The molecule has 3 atom stereocenters. The number of likely N-dealkylation sites (N-methyl/N-ethyl adjacent to an activating group) is 1. The lowest BCUT2D eigenvalue weighted by Crippen LogP contribution is -2.45. The second-order valence-corrected chi connectivity index (χ2v) is 8.61. The van der Waals surface area contributed by atoms with Gasteiger partial charge in [0.2, 0.25) is 0 Å². The van der Waals surface area contributed by atoms with E-state index in [1.807, 2.05) is 67.2 Å². The summed E-state index contributed by atoms with van der Waals surface area (Å²) in [7, 11) is 5.38. The third-order valence-electron chi connectivity index (χ3n) is 6.30. The van der Waals surface area contributed by atoms with Gasteiger partial charge >= 0.3 is 6.18 Å². The van der Waals surface area contributed by atoms with Crippen molar-refractivity contribution in [2.75, 3.05) is 39.2 Å². The number of ether oxygens (including phenoxy) is 1. The molecule has 0 saturated carbocycles. The van der Waals surface area contributed by atoms with E-state index in [1.54, 1.807) is 13.2 Å². The standard InChI is InChI=1S/C26H31F3N2O2/c1-5-7-20-21(18-10-12-19(33-4)13-11-18)16-22-23(26(27,28)29)8-6-9-24(22)31(25(20)17-32)15-14-30(2)3/h5-13,17,20-21,25H,14-16H2,1-4H3. The molecule has 0 amide bonds. The molecule has 178 valence electrons. The quantitative estimate of drug-likeness (QED) is 0.421. The first-order valence-corrected chi connectivity index (χ1v) is 11.0. The van der Waals surface area contributed by atoms with Crippen LogP contribution in [0.2, 0.25) is 0 Å². The van der Waals surface area contributed by atoms with E-state index >= 15 is 0 Å². The summed E-state index contributed by atoms with van der Waals surface area (Å²) in [5.41, 5.74) is 0.958. The van der Waals surface area contributed by atoms with Crippen LogP contribution in [0.15, 0.2) is 54.6 Å². The van der Waals surface area contributed by atoms with Crippen LogP contribution in [0.3, 0.4) is 0 Å². The number of hydrogen-bond donors (Lipinski definition) is 0. The third-order valence-corrected chi connectivity index (χ3v) is 6.30. The molecule has 0 N–H and O–H groups in total. The van der Waals surface area contributed by atoms with E-state index in [1.165, 1.54) is 6.07 Å². The Morgan fingerprint density at radius 2 is 1.85 bits per heavy atom. The van der Waals surface area contributed by atoms with Gasteiger partial charge in [0, 0.05) is 24.7 Å². The number of alkyl halides is 3. The maximum Gasteiger partial charge on any atom is 0.416 e. The summed E-state index contributed by atoms with van der Waals surface area (Å²) < 4.78 is 47.5. The van der Waals surface area contributed by atoms with E-state index < -0.39 is 17.8 Å². The zero-order valence-electron chi connectivity index (χ0n) is 19.5. The van der Waals surface area contributed by atoms with Gasteiger partial charge in [0.05, 0.1) is 18.7 Å². The lowest BCUT2D eigenvalue weighted by atomic mass is 9.78. The SMILES string of the molecule is CC=CC1C(c2ccc(OC)cc2)Cc2c(cccc2C(F)(F)F)N(CCN(C)C)C1C=O. The first-order valence-electron chi connectivity index (χ1n) is 11.0. The van der Waals surface area contributed by atoms with Crippen LogP contribution < -0.4 is 9.64 Å². The number of carbonyl (C=O) groups is 1. The molecule has 0 aliphatic carbocycles. The molecule has 0 fully saturated rings. The highest BCUT2D eigenvalue weighted by atomic mass is 19.4. The number of nitrogens with zero attached hydrogens (tertiary/aromatic N) is 2. The van der Waals surface area contributed by atoms with Gasteiger partial charge < -0.3 is 19.3 Å². The Labute approximate surface area is 193 Å². The number of halogens is 3. The smallest absolute Gasteiger partial charge is 0.416 e. The van der Waals surface area contributed by atoms with Crippen LogP contribution >= 0.6 is 0 Å². The van der Waals surface area contributed by atoms with Crippen LogP contribution in [0, 0.1) is 5.92 Å². The van der Waals surface area contributed by atoms with Crippen LogP contribution in [0.25, 0.3) is 0 Å². The zero-order valence-corrected chi connectivity index (χ0v) is 19.5. The van der Waals surface area contributed by atoms with Gasteiger partial charge in [0.15, 0.2) is 0 Å². The lowest BCUT2D eigenvalue weighted by molar-refractivity contribution is -0.138. The summed E-state index contributed by atoms with van der Waals surface area (Å²) >= 11 is 0. The second kappa shape index (κ2) is 10.4.